The fraction of sp³-hybridized carbons (Fsp3) is 0.308. The van der Waals surface area contributed by atoms with Gasteiger partial charge < -0.3 is 34.7 Å². The number of aliphatic hydroxyl groups excluding tert-OH is 1. The summed E-state index contributed by atoms with van der Waals surface area (Å²) in [5.74, 6) is -3.00. The lowest BCUT2D eigenvalue weighted by molar-refractivity contribution is -0.138. The molecule has 2 aromatic carbocycles. The second-order valence-electron chi connectivity index (χ2n) is 14.1. The molecular formula is C39H37N4O16PS. The van der Waals surface area contributed by atoms with Crippen LogP contribution in [0.25, 0.3) is 33.4 Å². The Hall–Kier alpha value is -5.93. The van der Waals surface area contributed by atoms with E-state index in [4.69, 9.17) is 18.2 Å². The number of likely N-dealkylation sites (tertiary alicyclic amines) is 1. The Morgan fingerprint density at radius 2 is 1.80 bits per heavy atom. The van der Waals surface area contributed by atoms with E-state index in [1.165, 1.54) is 61.7 Å². The second kappa shape index (κ2) is 17.6. The summed E-state index contributed by atoms with van der Waals surface area (Å²) in [6.45, 7) is 0.274. The summed E-state index contributed by atoms with van der Waals surface area (Å²) < 4.78 is 35.0. The summed E-state index contributed by atoms with van der Waals surface area (Å²) in [7, 11) is -4.67. The molecule has 7 rings (SSSR count). The molecule has 0 saturated carbocycles. The SMILES string of the molecule is Cc1cn([C@H]2C[C@@H](O)[C@@H](COP(=O)(O)OCCSC3CC(=O)N(CCC(=O)Nc4ccc(-c5c6ccc(=O)cc-6oc6cc(O)ccc56)c(C(=O)O)c4)C3=O)O2)c(=O)[nH]c1=O. The second-order valence-corrected chi connectivity index (χ2v) is 16.9. The van der Waals surface area contributed by atoms with E-state index < -0.39 is 73.1 Å². The number of phenolic OH excluding ortho intramolecular Hbond substituents is 1. The van der Waals surface area contributed by atoms with E-state index in [2.05, 4.69) is 10.3 Å². The van der Waals surface area contributed by atoms with Gasteiger partial charge in [0.25, 0.3) is 5.56 Å². The van der Waals surface area contributed by atoms with E-state index in [1.54, 1.807) is 6.07 Å². The molecular weight excluding hydrogens is 843 g/mol. The molecule has 22 heteroatoms. The van der Waals surface area contributed by atoms with Crippen LogP contribution in [0.1, 0.15) is 41.4 Å². The van der Waals surface area contributed by atoms with Gasteiger partial charge in [0.05, 0.1) is 30.1 Å². The predicted octanol–water partition coefficient (Wildman–Crippen LogP) is 2.80. The van der Waals surface area contributed by atoms with Gasteiger partial charge in [-0.05, 0) is 48.9 Å². The van der Waals surface area contributed by atoms with Gasteiger partial charge >= 0.3 is 19.5 Å². The zero-order valence-corrected chi connectivity index (χ0v) is 33.7. The highest BCUT2D eigenvalue weighted by molar-refractivity contribution is 8.00. The van der Waals surface area contributed by atoms with Gasteiger partial charge in [-0.1, -0.05) is 6.07 Å². The molecule has 20 nitrogen and oxygen atoms in total. The number of carbonyl (C=O) groups excluding carboxylic acids is 3. The first kappa shape index (κ1) is 43.2. The number of imide groups is 1. The highest BCUT2D eigenvalue weighted by atomic mass is 32.2. The fourth-order valence-corrected chi connectivity index (χ4v) is 8.85. The van der Waals surface area contributed by atoms with Gasteiger partial charge in [-0.15, -0.1) is 11.8 Å². The molecule has 1 aromatic heterocycles. The molecule has 4 heterocycles. The largest absolute Gasteiger partial charge is 0.508 e. The highest BCUT2D eigenvalue weighted by Gasteiger charge is 2.40. The number of anilines is 1. The normalized spacial score (nSPS) is 20.1. The maximum absolute atomic E-state index is 13.1. The molecule has 2 fully saturated rings. The minimum Gasteiger partial charge on any atom is -0.508 e. The number of phosphoric ester groups is 1. The number of phosphoric acid groups is 1. The number of carboxylic acids is 1. The number of H-pyrrole nitrogens is 1. The molecule has 61 heavy (non-hydrogen) atoms. The van der Waals surface area contributed by atoms with Gasteiger partial charge in [0, 0.05) is 77.7 Å². The third-order valence-electron chi connectivity index (χ3n) is 9.96. The van der Waals surface area contributed by atoms with Crippen molar-refractivity contribution < 1.29 is 62.2 Å². The number of nitrogens with one attached hydrogen (secondary N) is 2. The Balaban J connectivity index is 0.899. The number of ether oxygens (including phenoxy) is 1. The summed E-state index contributed by atoms with van der Waals surface area (Å²) in [4.78, 5) is 101. The number of hydrogen-bond donors (Lipinski definition) is 6. The number of aryl methyl sites for hydroxylation is 1. The number of carbonyl (C=O) groups is 4. The minimum absolute atomic E-state index is 0.00156. The maximum atomic E-state index is 13.1. The number of aromatic carboxylic acids is 1. The van der Waals surface area contributed by atoms with Crippen molar-refractivity contribution in [1.29, 1.82) is 0 Å². The lowest BCUT2D eigenvalue weighted by Crippen LogP contribution is -2.34. The number of carboxylic acid groups (broad SMARTS) is 1. The molecule has 3 aliphatic heterocycles. The molecule has 0 radical (unpaired) electrons. The van der Waals surface area contributed by atoms with E-state index in [9.17, 15) is 58.3 Å². The summed E-state index contributed by atoms with van der Waals surface area (Å²) in [5.41, 5.74) is -0.223. The van der Waals surface area contributed by atoms with Crippen molar-refractivity contribution in [3.8, 4) is 28.2 Å². The summed E-state index contributed by atoms with van der Waals surface area (Å²) >= 11 is 0.992. The van der Waals surface area contributed by atoms with Crippen molar-refractivity contribution in [2.24, 2.45) is 0 Å². The topological polar surface area (TPSA) is 294 Å². The van der Waals surface area contributed by atoms with Crippen LogP contribution in [0.3, 0.4) is 0 Å². The van der Waals surface area contributed by atoms with Crippen LogP contribution < -0.4 is 22.0 Å². The molecule has 4 aliphatic rings. The number of aromatic amines is 1. The Morgan fingerprint density at radius 1 is 1.03 bits per heavy atom. The summed E-state index contributed by atoms with van der Waals surface area (Å²) in [6.07, 6.45) is -2.54. The number of aromatic nitrogens is 2. The van der Waals surface area contributed by atoms with Crippen molar-refractivity contribution >= 4 is 59.9 Å². The molecule has 0 spiro atoms. The lowest BCUT2D eigenvalue weighted by atomic mass is 9.90. The Morgan fingerprint density at radius 3 is 2.57 bits per heavy atom. The van der Waals surface area contributed by atoms with Crippen LogP contribution in [0.15, 0.2) is 79.6 Å². The van der Waals surface area contributed by atoms with Crippen LogP contribution in [-0.4, -0.2) is 101 Å². The standard InChI is InChI=1S/C39H37N4O16PS/c1-19-17-43(39(53)41-36(19)49)34-15-27(46)30(59-34)18-57-60(54,55)56-10-11-61-31-16-33(48)42(37(31)50)9-8-32(47)40-20-2-5-23(26(12-20)38(51)52)35-24-6-3-21(44)13-28(24)58-29-14-22(45)4-7-25(29)35/h2-7,12-14,17,27,30-31,34,44,46H,8-11,15-16,18H2,1H3,(H,40,47)(H,51,52)(H,54,55)(H,41,49,53)/t27-,30-,31?,34-/m1/s1. The number of thioether (sulfide) groups is 1. The number of amides is 3. The third kappa shape index (κ3) is 9.52. The van der Waals surface area contributed by atoms with Crippen LogP contribution in [0.5, 0.6) is 5.75 Å². The van der Waals surface area contributed by atoms with Gasteiger partial charge in [0.15, 0.2) is 5.43 Å². The number of benzene rings is 3. The molecule has 0 bridgehead atoms. The summed E-state index contributed by atoms with van der Waals surface area (Å²) in [6, 6.07) is 12.6. The highest BCUT2D eigenvalue weighted by Crippen LogP contribution is 2.45. The zero-order valence-electron chi connectivity index (χ0n) is 32.0. The molecule has 3 amide bonds. The van der Waals surface area contributed by atoms with Gasteiger partial charge in [-0.3, -0.25) is 47.5 Å². The van der Waals surface area contributed by atoms with Crippen LogP contribution in [0, 0.1) is 6.92 Å². The molecule has 3 aromatic rings. The number of hydrogen-bond acceptors (Lipinski definition) is 15. The maximum Gasteiger partial charge on any atom is 0.472 e. The number of fused-ring (bicyclic) bond motifs is 2. The molecule has 1 aliphatic carbocycles. The number of phenols is 1. The third-order valence-corrected chi connectivity index (χ3v) is 12.1. The van der Waals surface area contributed by atoms with Crippen LogP contribution in [-0.2, 0) is 32.7 Å². The van der Waals surface area contributed by atoms with Crippen molar-refractivity contribution in [2.75, 3.05) is 30.8 Å². The first-order chi connectivity index (χ1) is 29.0. The van der Waals surface area contributed by atoms with Gasteiger partial charge in [-0.25, -0.2) is 14.2 Å². The molecule has 320 valence electrons. The van der Waals surface area contributed by atoms with E-state index in [0.717, 1.165) is 21.2 Å². The Kier molecular flexibility index (Phi) is 12.4. The molecule has 2 unspecified atom stereocenters. The first-order valence-electron chi connectivity index (χ1n) is 18.6. The number of aromatic hydroxyl groups is 1. The van der Waals surface area contributed by atoms with Crippen molar-refractivity contribution in [3.63, 3.8) is 0 Å². The zero-order chi connectivity index (χ0) is 43.7. The van der Waals surface area contributed by atoms with Gasteiger partial charge in [0.1, 0.15) is 29.4 Å². The number of rotatable bonds is 15. The van der Waals surface area contributed by atoms with Crippen LogP contribution in [0.2, 0.25) is 0 Å². The van der Waals surface area contributed by atoms with Crippen molar-refractivity contribution in [1.82, 2.24) is 14.5 Å². The van der Waals surface area contributed by atoms with Gasteiger partial charge in [0.2, 0.25) is 17.7 Å². The average molecular weight is 881 g/mol. The molecule has 6 N–H and O–H groups in total. The van der Waals surface area contributed by atoms with E-state index >= 15 is 0 Å². The molecule has 5 atom stereocenters. The van der Waals surface area contributed by atoms with Crippen molar-refractivity contribution in [3.05, 3.63) is 103 Å². The average Bonchev–Trinajstić information content (AvgIpc) is 3.71. The van der Waals surface area contributed by atoms with Crippen molar-refractivity contribution in [2.45, 2.75) is 49.9 Å². The number of aliphatic hydroxyl groups is 1. The molecule has 2 saturated heterocycles. The van der Waals surface area contributed by atoms with E-state index in [0.29, 0.717) is 16.5 Å². The Bertz CT molecular complexity index is 2770. The van der Waals surface area contributed by atoms with Crippen LogP contribution >= 0.6 is 19.6 Å². The van der Waals surface area contributed by atoms with Crippen LogP contribution in [0.4, 0.5) is 5.69 Å². The van der Waals surface area contributed by atoms with Gasteiger partial charge in [-0.2, -0.15) is 0 Å². The lowest BCUT2D eigenvalue weighted by Gasteiger charge is -2.18. The smallest absolute Gasteiger partial charge is 0.472 e. The fourth-order valence-electron chi connectivity index (χ4n) is 7.00. The van der Waals surface area contributed by atoms with E-state index in [1.807, 2.05) is 0 Å². The predicted molar refractivity (Wildman–Crippen MR) is 216 cm³/mol. The Labute approximate surface area is 347 Å². The summed E-state index contributed by atoms with van der Waals surface area (Å²) in [5, 5.41) is 32.9. The first-order valence-corrected chi connectivity index (χ1v) is 21.1. The number of nitrogens with zero attached hydrogens (tertiary/aromatic N) is 2. The minimum atomic E-state index is -4.67. The monoisotopic (exact) mass is 880 g/mol. The van der Waals surface area contributed by atoms with E-state index in [-0.39, 0.29) is 83.1 Å². The quantitative estimate of drug-likeness (QED) is 0.0381.